The molecular formula is C26H27N3O4. The van der Waals surface area contributed by atoms with Gasteiger partial charge in [-0.2, -0.15) is 5.10 Å². The molecule has 1 N–H and O–H groups in total. The normalized spacial score (nSPS) is 14.0. The van der Waals surface area contributed by atoms with Crippen LogP contribution in [0, 0.1) is 6.92 Å². The summed E-state index contributed by atoms with van der Waals surface area (Å²) in [5.41, 5.74) is 6.37. The Labute approximate surface area is 193 Å². The van der Waals surface area contributed by atoms with Crippen LogP contribution in [0.3, 0.4) is 0 Å². The fourth-order valence-electron chi connectivity index (χ4n) is 4.10. The third kappa shape index (κ3) is 4.67. The number of furan rings is 1. The lowest BCUT2D eigenvalue weighted by atomic mass is 9.93. The first-order chi connectivity index (χ1) is 16.0. The van der Waals surface area contributed by atoms with E-state index < -0.39 is 0 Å². The van der Waals surface area contributed by atoms with E-state index in [-0.39, 0.29) is 11.8 Å². The Bertz CT molecular complexity index is 1200. The van der Waals surface area contributed by atoms with Crippen LogP contribution in [0.5, 0.6) is 5.75 Å². The summed E-state index contributed by atoms with van der Waals surface area (Å²) in [5, 5.41) is 4.40. The highest BCUT2D eigenvalue weighted by Crippen LogP contribution is 2.30. The number of para-hydroxylation sites is 1. The van der Waals surface area contributed by atoms with E-state index in [1.165, 1.54) is 7.11 Å². The molecule has 0 saturated carbocycles. The van der Waals surface area contributed by atoms with Gasteiger partial charge in [-0.05, 0) is 37.5 Å². The topological polar surface area (TPSA) is 84.1 Å². The van der Waals surface area contributed by atoms with Gasteiger partial charge in [0.1, 0.15) is 11.5 Å². The van der Waals surface area contributed by atoms with E-state index in [1.807, 2.05) is 37.3 Å². The molecule has 0 fully saturated rings. The van der Waals surface area contributed by atoms with Gasteiger partial charge < -0.3 is 14.1 Å². The summed E-state index contributed by atoms with van der Waals surface area (Å²) >= 11 is 0. The Kier molecular flexibility index (Phi) is 6.58. The molecule has 1 aromatic heterocycles. The van der Waals surface area contributed by atoms with E-state index in [0.717, 1.165) is 35.3 Å². The largest absolute Gasteiger partial charge is 0.496 e. The summed E-state index contributed by atoms with van der Waals surface area (Å²) in [6.07, 6.45) is 2.25. The summed E-state index contributed by atoms with van der Waals surface area (Å²) in [6, 6.07) is 16.8. The Morgan fingerprint density at radius 3 is 2.58 bits per heavy atom. The van der Waals surface area contributed by atoms with Crippen LogP contribution in [0.25, 0.3) is 0 Å². The molecule has 0 aliphatic heterocycles. The molecule has 3 aromatic rings. The number of ether oxygens (including phenoxy) is 1. The first-order valence-corrected chi connectivity index (χ1v) is 10.9. The third-order valence-electron chi connectivity index (χ3n) is 5.77. The quantitative estimate of drug-likeness (QED) is 0.572. The molecule has 4 rings (SSSR count). The fraction of sp³-hybridized carbons (Fsp3) is 0.269. The van der Waals surface area contributed by atoms with Crippen molar-refractivity contribution in [2.24, 2.45) is 5.10 Å². The number of methoxy groups -OCH3 is 1. The standard InChI is InChI=1S/C26H27N3O4/c1-17-23-20(27-28-25(30)19-12-7-8-14-21(19)32-3)13-9-15-22(23)33-24(17)26(31)29(2)16-18-10-5-4-6-11-18/h4-8,10-12,14H,9,13,15-16H2,1-3H3,(H,28,30)/b27-20+. The zero-order chi connectivity index (χ0) is 23.4. The van der Waals surface area contributed by atoms with Crippen molar-refractivity contribution in [3.05, 3.63) is 88.4 Å². The van der Waals surface area contributed by atoms with Crippen molar-refractivity contribution >= 4 is 17.5 Å². The Balaban J connectivity index is 1.56. The fourth-order valence-corrected chi connectivity index (χ4v) is 4.10. The molecule has 170 valence electrons. The minimum Gasteiger partial charge on any atom is -0.496 e. The van der Waals surface area contributed by atoms with E-state index in [2.05, 4.69) is 10.5 Å². The van der Waals surface area contributed by atoms with Crippen LogP contribution < -0.4 is 10.2 Å². The maximum absolute atomic E-state index is 13.1. The summed E-state index contributed by atoms with van der Waals surface area (Å²) in [6.45, 7) is 2.36. The van der Waals surface area contributed by atoms with Gasteiger partial charge in [0, 0.05) is 31.1 Å². The Morgan fingerprint density at radius 2 is 1.82 bits per heavy atom. The van der Waals surface area contributed by atoms with E-state index >= 15 is 0 Å². The number of aryl methyl sites for hydroxylation is 1. The number of hydrogen-bond acceptors (Lipinski definition) is 5. The average Bonchev–Trinajstić information content (AvgIpc) is 3.19. The minimum atomic E-state index is -0.355. The molecule has 33 heavy (non-hydrogen) atoms. The van der Waals surface area contributed by atoms with Crippen LogP contribution in [0.15, 0.2) is 64.1 Å². The van der Waals surface area contributed by atoms with Crippen molar-refractivity contribution in [2.75, 3.05) is 14.2 Å². The first kappa shape index (κ1) is 22.3. The van der Waals surface area contributed by atoms with E-state index in [4.69, 9.17) is 9.15 Å². The van der Waals surface area contributed by atoms with Crippen molar-refractivity contribution in [3.63, 3.8) is 0 Å². The van der Waals surface area contributed by atoms with Crippen molar-refractivity contribution < 1.29 is 18.7 Å². The van der Waals surface area contributed by atoms with Crippen LogP contribution in [0.4, 0.5) is 0 Å². The van der Waals surface area contributed by atoms with Gasteiger partial charge in [-0.3, -0.25) is 9.59 Å². The van der Waals surface area contributed by atoms with Crippen molar-refractivity contribution in [1.82, 2.24) is 10.3 Å². The monoisotopic (exact) mass is 445 g/mol. The Hall–Kier alpha value is -3.87. The molecule has 1 aliphatic carbocycles. The SMILES string of the molecule is COc1ccccc1C(=O)N/N=C1\CCCc2oc(C(=O)N(C)Cc3ccccc3)c(C)c21. The maximum Gasteiger partial charge on any atom is 0.289 e. The number of rotatable bonds is 6. The van der Waals surface area contributed by atoms with Gasteiger partial charge in [-0.25, -0.2) is 5.43 Å². The lowest BCUT2D eigenvalue weighted by Crippen LogP contribution is -2.26. The number of amides is 2. The average molecular weight is 446 g/mol. The van der Waals surface area contributed by atoms with Gasteiger partial charge in [0.25, 0.3) is 11.8 Å². The van der Waals surface area contributed by atoms with Crippen LogP contribution in [-0.2, 0) is 13.0 Å². The van der Waals surface area contributed by atoms with Crippen molar-refractivity contribution in [2.45, 2.75) is 32.7 Å². The number of carbonyl (C=O) groups excluding carboxylic acids is 2. The number of carbonyl (C=O) groups is 2. The molecule has 2 amide bonds. The molecule has 0 bridgehead atoms. The summed E-state index contributed by atoms with van der Waals surface area (Å²) in [4.78, 5) is 27.4. The maximum atomic E-state index is 13.1. The zero-order valence-electron chi connectivity index (χ0n) is 19.1. The number of benzene rings is 2. The summed E-state index contributed by atoms with van der Waals surface area (Å²) in [7, 11) is 3.28. The number of nitrogens with zero attached hydrogens (tertiary/aromatic N) is 2. The summed E-state index contributed by atoms with van der Waals surface area (Å²) in [5.74, 6) is 1.01. The van der Waals surface area contributed by atoms with Crippen LogP contribution in [0.1, 0.15) is 56.2 Å². The number of hydrogen-bond donors (Lipinski definition) is 1. The second-order valence-corrected chi connectivity index (χ2v) is 8.05. The first-order valence-electron chi connectivity index (χ1n) is 10.9. The molecule has 0 saturated heterocycles. The van der Waals surface area contributed by atoms with E-state index in [9.17, 15) is 9.59 Å². The lowest BCUT2D eigenvalue weighted by Gasteiger charge is -2.16. The van der Waals surface area contributed by atoms with Crippen molar-refractivity contribution in [3.8, 4) is 5.75 Å². The smallest absolute Gasteiger partial charge is 0.289 e. The minimum absolute atomic E-state index is 0.178. The predicted molar refractivity (Wildman–Crippen MR) is 126 cm³/mol. The molecule has 1 heterocycles. The zero-order valence-corrected chi connectivity index (χ0v) is 19.1. The van der Waals surface area contributed by atoms with Gasteiger partial charge in [-0.15, -0.1) is 0 Å². The van der Waals surface area contributed by atoms with Gasteiger partial charge >= 0.3 is 0 Å². The summed E-state index contributed by atoms with van der Waals surface area (Å²) < 4.78 is 11.3. The molecule has 0 spiro atoms. The molecular weight excluding hydrogens is 418 g/mol. The molecule has 7 nitrogen and oxygen atoms in total. The highest BCUT2D eigenvalue weighted by Gasteiger charge is 2.29. The van der Waals surface area contributed by atoms with Gasteiger partial charge in [0.15, 0.2) is 5.76 Å². The highest BCUT2D eigenvalue weighted by molar-refractivity contribution is 6.07. The molecule has 0 atom stereocenters. The molecule has 7 heteroatoms. The van der Waals surface area contributed by atoms with E-state index in [0.29, 0.717) is 35.8 Å². The van der Waals surface area contributed by atoms with Gasteiger partial charge in [0.05, 0.1) is 18.4 Å². The highest BCUT2D eigenvalue weighted by atomic mass is 16.5. The van der Waals surface area contributed by atoms with Crippen LogP contribution in [0.2, 0.25) is 0 Å². The molecule has 1 aliphatic rings. The predicted octanol–water partition coefficient (Wildman–Crippen LogP) is 4.34. The van der Waals surface area contributed by atoms with Gasteiger partial charge in [0.2, 0.25) is 0 Å². The third-order valence-corrected chi connectivity index (χ3v) is 5.77. The van der Waals surface area contributed by atoms with Crippen LogP contribution in [-0.4, -0.2) is 36.6 Å². The second-order valence-electron chi connectivity index (χ2n) is 8.05. The van der Waals surface area contributed by atoms with Gasteiger partial charge in [-0.1, -0.05) is 42.5 Å². The molecule has 0 radical (unpaired) electrons. The van der Waals surface area contributed by atoms with Crippen LogP contribution >= 0.6 is 0 Å². The molecule has 0 unspecified atom stereocenters. The Morgan fingerprint density at radius 1 is 1.09 bits per heavy atom. The van der Waals surface area contributed by atoms with E-state index in [1.54, 1.807) is 36.2 Å². The van der Waals surface area contributed by atoms with Crippen molar-refractivity contribution in [1.29, 1.82) is 0 Å². The molecule has 2 aromatic carbocycles. The second kappa shape index (κ2) is 9.73. The number of nitrogens with one attached hydrogen (secondary N) is 1. The number of hydrazone groups is 1. The lowest BCUT2D eigenvalue weighted by molar-refractivity contribution is 0.0750. The number of fused-ring (bicyclic) bond motifs is 1.